The van der Waals surface area contributed by atoms with Crippen molar-refractivity contribution in [3.63, 3.8) is 0 Å². The summed E-state index contributed by atoms with van der Waals surface area (Å²) in [6, 6.07) is 18.8. The van der Waals surface area contributed by atoms with Gasteiger partial charge in [-0.1, -0.05) is 42.5 Å². The molecule has 0 saturated heterocycles. The predicted molar refractivity (Wildman–Crippen MR) is 143 cm³/mol. The van der Waals surface area contributed by atoms with Crippen molar-refractivity contribution in [1.82, 2.24) is 20.4 Å². The van der Waals surface area contributed by atoms with Crippen molar-refractivity contribution >= 4 is 17.9 Å². The fourth-order valence-corrected chi connectivity index (χ4v) is 3.72. The van der Waals surface area contributed by atoms with Crippen molar-refractivity contribution in [3.05, 3.63) is 77.6 Å². The zero-order valence-corrected chi connectivity index (χ0v) is 22.2. The highest BCUT2D eigenvalue weighted by Crippen LogP contribution is 2.27. The van der Waals surface area contributed by atoms with Crippen molar-refractivity contribution in [3.8, 4) is 11.1 Å². The molecular formula is C28H35N5O4. The Hall–Kier alpha value is -3.98. The molecular weight excluding hydrogens is 470 g/mol. The summed E-state index contributed by atoms with van der Waals surface area (Å²) >= 11 is 0. The van der Waals surface area contributed by atoms with Crippen LogP contribution in [-0.4, -0.2) is 54.1 Å². The Kier molecular flexibility index (Phi) is 9.19. The number of rotatable bonds is 8. The van der Waals surface area contributed by atoms with Crippen LogP contribution < -0.4 is 10.6 Å². The standard InChI is InChI=1S/C28H35N5O4/c1-28(2,3)37-27(35)30-24(20-10-8-7-9-11-20)17-22-16-23(25(32-31-22)18-33(4)5)19-12-14-21(15-13-19)29-26(34)36-6/h7-16,24H,17-18H2,1-6H3,(H,29,34)(H,30,35)/t24-/m0/s1. The average molecular weight is 506 g/mol. The highest BCUT2D eigenvalue weighted by molar-refractivity contribution is 5.85. The maximum absolute atomic E-state index is 12.6. The normalized spacial score (nSPS) is 12.1. The molecule has 9 heteroatoms. The Morgan fingerprint density at radius 3 is 2.24 bits per heavy atom. The summed E-state index contributed by atoms with van der Waals surface area (Å²) < 4.78 is 10.2. The van der Waals surface area contributed by atoms with Gasteiger partial charge in [0.1, 0.15) is 5.60 Å². The largest absolute Gasteiger partial charge is 0.453 e. The van der Waals surface area contributed by atoms with E-state index in [1.54, 1.807) is 0 Å². The molecule has 0 aliphatic heterocycles. The Morgan fingerprint density at radius 2 is 1.65 bits per heavy atom. The van der Waals surface area contributed by atoms with Crippen molar-refractivity contribution in [2.45, 2.75) is 45.4 Å². The van der Waals surface area contributed by atoms with E-state index < -0.39 is 17.8 Å². The van der Waals surface area contributed by atoms with Crippen molar-refractivity contribution in [1.29, 1.82) is 0 Å². The molecule has 0 aliphatic carbocycles. The van der Waals surface area contributed by atoms with Crippen molar-refractivity contribution < 1.29 is 19.1 Å². The van der Waals surface area contributed by atoms with Gasteiger partial charge in [-0.3, -0.25) is 5.32 Å². The van der Waals surface area contributed by atoms with Gasteiger partial charge in [-0.15, -0.1) is 0 Å². The first-order chi connectivity index (χ1) is 17.5. The van der Waals surface area contributed by atoms with Gasteiger partial charge in [-0.25, -0.2) is 9.59 Å². The van der Waals surface area contributed by atoms with Gasteiger partial charge >= 0.3 is 12.2 Å². The van der Waals surface area contributed by atoms with Gasteiger partial charge in [0.15, 0.2) is 0 Å². The minimum absolute atomic E-state index is 0.357. The fraction of sp³-hybridized carbons (Fsp3) is 0.357. The number of nitrogens with one attached hydrogen (secondary N) is 2. The Labute approximate surface area is 218 Å². The molecule has 0 aliphatic rings. The summed E-state index contributed by atoms with van der Waals surface area (Å²) in [6.45, 7) is 6.09. The number of methoxy groups -OCH3 is 1. The summed E-state index contributed by atoms with van der Waals surface area (Å²) in [7, 11) is 5.26. The molecule has 3 rings (SSSR count). The smallest absolute Gasteiger partial charge is 0.411 e. The van der Waals surface area contributed by atoms with Gasteiger partial charge in [0.05, 0.1) is 24.5 Å². The van der Waals surface area contributed by atoms with E-state index in [4.69, 9.17) is 4.74 Å². The number of alkyl carbamates (subject to hydrolysis) is 1. The first-order valence-electron chi connectivity index (χ1n) is 12.0. The van der Waals surface area contributed by atoms with Crippen LogP contribution in [0.4, 0.5) is 15.3 Å². The van der Waals surface area contributed by atoms with E-state index >= 15 is 0 Å². The summed E-state index contributed by atoms with van der Waals surface area (Å²) in [5.41, 5.74) is 4.34. The number of carbonyl (C=O) groups is 2. The molecule has 0 fully saturated rings. The van der Waals surface area contributed by atoms with E-state index in [0.29, 0.717) is 18.7 Å². The van der Waals surface area contributed by atoms with Crippen LogP contribution in [0, 0.1) is 0 Å². The predicted octanol–water partition coefficient (Wildman–Crippen LogP) is 5.19. The van der Waals surface area contributed by atoms with Gasteiger partial charge < -0.3 is 19.7 Å². The van der Waals surface area contributed by atoms with Crippen LogP contribution in [0.5, 0.6) is 0 Å². The number of amides is 2. The molecule has 1 atom stereocenters. The van der Waals surface area contributed by atoms with Crippen LogP contribution in [-0.2, 0) is 22.4 Å². The zero-order valence-electron chi connectivity index (χ0n) is 22.2. The maximum Gasteiger partial charge on any atom is 0.411 e. The number of hydrogen-bond donors (Lipinski definition) is 2. The van der Waals surface area contributed by atoms with Gasteiger partial charge in [0.2, 0.25) is 0 Å². The molecule has 2 amide bonds. The lowest BCUT2D eigenvalue weighted by atomic mass is 9.98. The van der Waals surface area contributed by atoms with E-state index in [-0.39, 0.29) is 6.04 Å². The van der Waals surface area contributed by atoms with Crippen LogP contribution in [0.1, 0.15) is 43.8 Å². The summed E-state index contributed by atoms with van der Waals surface area (Å²) in [5, 5.41) is 14.7. The number of ether oxygens (including phenoxy) is 2. The van der Waals surface area contributed by atoms with Gasteiger partial charge in [0, 0.05) is 24.2 Å². The molecule has 0 unspecified atom stereocenters. The quantitative estimate of drug-likeness (QED) is 0.434. The molecule has 0 spiro atoms. The fourth-order valence-electron chi connectivity index (χ4n) is 3.72. The van der Waals surface area contributed by atoms with Gasteiger partial charge in [-0.05, 0) is 64.2 Å². The number of nitrogens with zero attached hydrogens (tertiary/aromatic N) is 3. The molecule has 9 nitrogen and oxygen atoms in total. The second-order valence-corrected chi connectivity index (χ2v) is 9.94. The summed E-state index contributed by atoms with van der Waals surface area (Å²) in [6.07, 6.45) is -0.598. The minimum Gasteiger partial charge on any atom is -0.453 e. The molecule has 37 heavy (non-hydrogen) atoms. The third kappa shape index (κ3) is 8.57. The molecule has 0 saturated carbocycles. The van der Waals surface area contributed by atoms with Crippen LogP contribution in [0.25, 0.3) is 11.1 Å². The highest BCUT2D eigenvalue weighted by Gasteiger charge is 2.22. The van der Waals surface area contributed by atoms with Gasteiger partial charge in [0.25, 0.3) is 0 Å². The van der Waals surface area contributed by atoms with Crippen LogP contribution in [0.3, 0.4) is 0 Å². The van der Waals surface area contributed by atoms with E-state index in [1.807, 2.05) is 100 Å². The van der Waals surface area contributed by atoms with E-state index in [9.17, 15) is 9.59 Å². The number of aromatic nitrogens is 2. The van der Waals surface area contributed by atoms with Crippen LogP contribution in [0.2, 0.25) is 0 Å². The lowest BCUT2D eigenvalue weighted by molar-refractivity contribution is 0.0503. The number of hydrogen-bond acceptors (Lipinski definition) is 7. The zero-order chi connectivity index (χ0) is 27.0. The molecule has 3 aromatic rings. The minimum atomic E-state index is -0.610. The number of anilines is 1. The highest BCUT2D eigenvalue weighted by atomic mass is 16.6. The topological polar surface area (TPSA) is 106 Å². The van der Waals surface area contributed by atoms with Crippen LogP contribution in [0.15, 0.2) is 60.7 Å². The lowest BCUT2D eigenvalue weighted by Crippen LogP contribution is -2.36. The molecule has 1 heterocycles. The molecule has 0 bridgehead atoms. The Bertz CT molecular complexity index is 1190. The molecule has 196 valence electrons. The van der Waals surface area contributed by atoms with E-state index in [0.717, 1.165) is 28.1 Å². The monoisotopic (exact) mass is 505 g/mol. The SMILES string of the molecule is COC(=O)Nc1ccc(-c2cc(C[C@H](NC(=O)OC(C)(C)C)c3ccccc3)nnc2CN(C)C)cc1. The van der Waals surface area contributed by atoms with E-state index in [2.05, 4.69) is 25.6 Å². The first-order valence-corrected chi connectivity index (χ1v) is 12.0. The average Bonchev–Trinajstić information content (AvgIpc) is 2.84. The van der Waals surface area contributed by atoms with E-state index in [1.165, 1.54) is 7.11 Å². The second kappa shape index (κ2) is 12.3. The third-order valence-electron chi connectivity index (χ3n) is 5.32. The third-order valence-corrected chi connectivity index (χ3v) is 5.32. The molecule has 2 N–H and O–H groups in total. The molecule has 0 radical (unpaired) electrons. The van der Waals surface area contributed by atoms with Gasteiger partial charge in [-0.2, -0.15) is 10.2 Å². The molecule has 1 aromatic heterocycles. The maximum atomic E-state index is 12.6. The molecule has 2 aromatic carbocycles. The van der Waals surface area contributed by atoms with Crippen molar-refractivity contribution in [2.75, 3.05) is 26.5 Å². The Morgan fingerprint density at radius 1 is 0.973 bits per heavy atom. The number of carbonyl (C=O) groups excluding carboxylic acids is 2. The Balaban J connectivity index is 1.93. The first kappa shape index (κ1) is 27.6. The van der Waals surface area contributed by atoms with Crippen molar-refractivity contribution in [2.24, 2.45) is 0 Å². The summed E-state index contributed by atoms with van der Waals surface area (Å²) in [4.78, 5) is 26.2. The van der Waals surface area contributed by atoms with Crippen LogP contribution >= 0.6 is 0 Å². The lowest BCUT2D eigenvalue weighted by Gasteiger charge is -2.24. The second-order valence-electron chi connectivity index (χ2n) is 9.94. The summed E-state index contributed by atoms with van der Waals surface area (Å²) in [5.74, 6) is 0. The number of benzene rings is 2.